The molecule has 1 aliphatic rings. The third-order valence-corrected chi connectivity index (χ3v) is 7.33. The number of fused-ring (bicyclic) bond motifs is 3. The number of methoxy groups -OCH3 is 1. The standard InChI is InChI=1S/C25H26N4O3S/c1-32-21-20-22(33-23(21)24(30)27-12-15-28-13-6-7-14-28)18-9-2-3-10-19(18)29(25(20)31)16-17-8-4-5-11-26-17/h2-5,8-11H,6-7,12-16H2,1H3,(H,27,30). The summed E-state index contributed by atoms with van der Waals surface area (Å²) in [6.45, 7) is 3.92. The number of hydrogen-bond donors (Lipinski definition) is 1. The van der Waals surface area contributed by atoms with E-state index >= 15 is 0 Å². The van der Waals surface area contributed by atoms with Crippen LogP contribution in [0.5, 0.6) is 5.75 Å². The average Bonchev–Trinajstić information content (AvgIpc) is 3.50. The van der Waals surface area contributed by atoms with E-state index in [9.17, 15) is 9.59 Å². The van der Waals surface area contributed by atoms with Crippen LogP contribution >= 0.6 is 11.3 Å². The predicted molar refractivity (Wildman–Crippen MR) is 131 cm³/mol. The predicted octanol–water partition coefficient (Wildman–Crippen LogP) is 3.49. The zero-order valence-electron chi connectivity index (χ0n) is 18.5. The van der Waals surface area contributed by atoms with Gasteiger partial charge in [-0.15, -0.1) is 11.3 Å². The highest BCUT2D eigenvalue weighted by atomic mass is 32.1. The molecule has 5 rings (SSSR count). The number of thiophene rings is 1. The van der Waals surface area contributed by atoms with Crippen molar-refractivity contribution in [2.45, 2.75) is 19.4 Å². The lowest BCUT2D eigenvalue weighted by molar-refractivity contribution is 0.0951. The molecule has 0 unspecified atom stereocenters. The first-order chi connectivity index (χ1) is 16.2. The molecular formula is C25H26N4O3S. The summed E-state index contributed by atoms with van der Waals surface area (Å²) in [5.74, 6) is 0.145. The van der Waals surface area contributed by atoms with E-state index in [4.69, 9.17) is 4.74 Å². The molecule has 1 saturated heterocycles. The highest BCUT2D eigenvalue weighted by molar-refractivity contribution is 7.22. The van der Waals surface area contributed by atoms with Crippen LogP contribution in [0, 0.1) is 0 Å². The van der Waals surface area contributed by atoms with E-state index in [2.05, 4.69) is 15.2 Å². The molecular weight excluding hydrogens is 436 g/mol. The first-order valence-electron chi connectivity index (χ1n) is 11.2. The zero-order valence-corrected chi connectivity index (χ0v) is 19.4. The normalized spacial score (nSPS) is 14.2. The maximum absolute atomic E-state index is 13.7. The van der Waals surface area contributed by atoms with Gasteiger partial charge in [-0.1, -0.05) is 24.3 Å². The molecule has 0 bridgehead atoms. The van der Waals surface area contributed by atoms with E-state index in [0.29, 0.717) is 29.1 Å². The van der Waals surface area contributed by atoms with Gasteiger partial charge in [-0.25, -0.2) is 0 Å². The Morgan fingerprint density at radius 3 is 2.70 bits per heavy atom. The van der Waals surface area contributed by atoms with Gasteiger partial charge in [0.25, 0.3) is 11.5 Å². The molecule has 0 aliphatic carbocycles. The number of likely N-dealkylation sites (tertiary alicyclic amines) is 1. The first kappa shape index (κ1) is 21.6. The van der Waals surface area contributed by atoms with Gasteiger partial charge in [0.1, 0.15) is 10.3 Å². The molecule has 1 aliphatic heterocycles. The van der Waals surface area contributed by atoms with Crippen LogP contribution in [0.2, 0.25) is 0 Å². The Labute approximate surface area is 195 Å². The molecule has 1 fully saturated rings. The van der Waals surface area contributed by atoms with Crippen LogP contribution in [-0.2, 0) is 6.54 Å². The van der Waals surface area contributed by atoms with Crippen molar-refractivity contribution in [1.29, 1.82) is 0 Å². The number of carbonyl (C=O) groups is 1. The molecule has 1 N–H and O–H groups in total. The highest BCUT2D eigenvalue weighted by Gasteiger charge is 2.25. The number of ether oxygens (including phenoxy) is 1. The fourth-order valence-corrected chi connectivity index (χ4v) is 5.73. The number of pyridine rings is 2. The Bertz CT molecular complexity index is 1360. The van der Waals surface area contributed by atoms with Crippen LogP contribution < -0.4 is 15.6 Å². The fourth-order valence-electron chi connectivity index (χ4n) is 4.51. The van der Waals surface area contributed by atoms with E-state index < -0.39 is 0 Å². The van der Waals surface area contributed by atoms with Crippen molar-refractivity contribution in [2.75, 3.05) is 33.3 Å². The summed E-state index contributed by atoms with van der Waals surface area (Å²) in [6, 6.07) is 13.4. The molecule has 3 aromatic heterocycles. The van der Waals surface area contributed by atoms with Gasteiger partial charge >= 0.3 is 0 Å². The van der Waals surface area contributed by atoms with Gasteiger partial charge in [0, 0.05) is 24.7 Å². The van der Waals surface area contributed by atoms with Gasteiger partial charge < -0.3 is 19.5 Å². The number of nitrogens with one attached hydrogen (secondary N) is 1. The minimum atomic E-state index is -0.202. The van der Waals surface area contributed by atoms with E-state index in [1.807, 2.05) is 42.5 Å². The quantitative estimate of drug-likeness (QED) is 0.455. The highest BCUT2D eigenvalue weighted by Crippen LogP contribution is 2.39. The molecule has 4 aromatic rings. The van der Waals surface area contributed by atoms with Crippen LogP contribution in [0.25, 0.3) is 21.0 Å². The second-order valence-corrected chi connectivity index (χ2v) is 9.22. The number of aromatic nitrogens is 2. The number of carbonyl (C=O) groups excluding carboxylic acids is 1. The second-order valence-electron chi connectivity index (χ2n) is 8.20. The van der Waals surface area contributed by atoms with Crippen LogP contribution in [0.15, 0.2) is 53.5 Å². The molecule has 0 radical (unpaired) electrons. The van der Waals surface area contributed by atoms with Crippen molar-refractivity contribution < 1.29 is 9.53 Å². The average molecular weight is 463 g/mol. The first-order valence-corrected chi connectivity index (χ1v) is 12.0. The number of para-hydroxylation sites is 1. The Kier molecular flexibility index (Phi) is 6.11. The van der Waals surface area contributed by atoms with Gasteiger partial charge in [-0.2, -0.15) is 0 Å². The minimum absolute atomic E-state index is 0.182. The lowest BCUT2D eigenvalue weighted by Gasteiger charge is -2.14. The number of nitrogens with zero attached hydrogens (tertiary/aromatic N) is 3. The Morgan fingerprint density at radius 1 is 1.15 bits per heavy atom. The van der Waals surface area contributed by atoms with Gasteiger partial charge in [-0.05, 0) is 44.1 Å². The Balaban J connectivity index is 1.57. The summed E-state index contributed by atoms with van der Waals surface area (Å²) in [5.41, 5.74) is 1.42. The number of amides is 1. The Hall–Kier alpha value is -3.23. The zero-order chi connectivity index (χ0) is 22.8. The maximum Gasteiger partial charge on any atom is 0.265 e. The molecule has 0 atom stereocenters. The molecule has 170 valence electrons. The monoisotopic (exact) mass is 462 g/mol. The van der Waals surface area contributed by atoms with Gasteiger partial charge in [0.2, 0.25) is 0 Å². The summed E-state index contributed by atoms with van der Waals surface area (Å²) in [7, 11) is 1.51. The Morgan fingerprint density at radius 2 is 1.94 bits per heavy atom. The number of rotatable bonds is 7. The lowest BCUT2D eigenvalue weighted by atomic mass is 10.1. The smallest absolute Gasteiger partial charge is 0.265 e. The van der Waals surface area contributed by atoms with E-state index in [1.54, 1.807) is 10.8 Å². The van der Waals surface area contributed by atoms with Gasteiger partial charge in [-0.3, -0.25) is 14.6 Å². The largest absolute Gasteiger partial charge is 0.494 e. The van der Waals surface area contributed by atoms with Gasteiger partial charge in [0.05, 0.1) is 29.6 Å². The van der Waals surface area contributed by atoms with Crippen molar-refractivity contribution in [3.05, 3.63) is 69.6 Å². The van der Waals surface area contributed by atoms with E-state index in [0.717, 1.165) is 40.9 Å². The summed E-state index contributed by atoms with van der Waals surface area (Å²) in [4.78, 5) is 33.9. The minimum Gasteiger partial charge on any atom is -0.494 e. The van der Waals surface area contributed by atoms with Crippen molar-refractivity contribution in [3.63, 3.8) is 0 Å². The second kappa shape index (κ2) is 9.33. The van der Waals surface area contributed by atoms with Crippen LogP contribution in [0.3, 0.4) is 0 Å². The van der Waals surface area contributed by atoms with Crippen molar-refractivity contribution >= 4 is 38.2 Å². The third-order valence-electron chi connectivity index (χ3n) is 6.13. The summed E-state index contributed by atoms with van der Waals surface area (Å²) < 4.78 is 8.13. The molecule has 7 nitrogen and oxygen atoms in total. The van der Waals surface area contributed by atoms with Crippen LogP contribution in [0.1, 0.15) is 28.2 Å². The number of benzene rings is 1. The van der Waals surface area contributed by atoms with E-state index in [-0.39, 0.29) is 11.5 Å². The SMILES string of the molecule is COc1c(C(=O)NCCN2CCCC2)sc2c1c(=O)n(Cc1ccccn1)c1ccccc21. The van der Waals surface area contributed by atoms with Crippen molar-refractivity contribution in [2.24, 2.45) is 0 Å². The topological polar surface area (TPSA) is 76.5 Å². The lowest BCUT2D eigenvalue weighted by Crippen LogP contribution is -2.33. The van der Waals surface area contributed by atoms with E-state index in [1.165, 1.54) is 31.3 Å². The molecule has 4 heterocycles. The summed E-state index contributed by atoms with van der Waals surface area (Å²) in [5, 5.41) is 4.38. The molecule has 8 heteroatoms. The summed E-state index contributed by atoms with van der Waals surface area (Å²) in [6.07, 6.45) is 4.16. The molecule has 1 amide bonds. The fraction of sp³-hybridized carbons (Fsp3) is 0.320. The summed E-state index contributed by atoms with van der Waals surface area (Å²) >= 11 is 1.32. The van der Waals surface area contributed by atoms with Gasteiger partial charge in [0.15, 0.2) is 5.75 Å². The van der Waals surface area contributed by atoms with Crippen molar-refractivity contribution in [1.82, 2.24) is 19.8 Å². The molecule has 1 aromatic carbocycles. The molecule has 0 spiro atoms. The van der Waals surface area contributed by atoms with Crippen molar-refractivity contribution in [3.8, 4) is 5.75 Å². The number of hydrogen-bond acceptors (Lipinski definition) is 6. The molecule has 33 heavy (non-hydrogen) atoms. The third kappa shape index (κ3) is 4.12. The van der Waals surface area contributed by atoms with Crippen LogP contribution in [0.4, 0.5) is 0 Å². The maximum atomic E-state index is 13.7. The molecule has 0 saturated carbocycles. The van der Waals surface area contributed by atoms with Crippen LogP contribution in [-0.4, -0.2) is 53.6 Å².